The van der Waals surface area contributed by atoms with Crippen LogP contribution in [0.3, 0.4) is 0 Å². The molecule has 2 rings (SSSR count). The fourth-order valence-corrected chi connectivity index (χ4v) is 2.29. The van der Waals surface area contributed by atoms with Gasteiger partial charge in [0.2, 0.25) is 5.91 Å². The summed E-state index contributed by atoms with van der Waals surface area (Å²) in [6.07, 6.45) is -4.01. The summed E-state index contributed by atoms with van der Waals surface area (Å²) in [4.78, 5) is 12.0. The number of rotatable bonds is 2. The van der Waals surface area contributed by atoms with Gasteiger partial charge in [-0.05, 0) is 31.4 Å². The summed E-state index contributed by atoms with van der Waals surface area (Å²) in [5, 5.41) is 5.43. The zero-order valence-electron chi connectivity index (χ0n) is 11.1. The van der Waals surface area contributed by atoms with Gasteiger partial charge in [-0.25, -0.2) is 0 Å². The van der Waals surface area contributed by atoms with E-state index in [4.69, 9.17) is 0 Å². The van der Waals surface area contributed by atoms with Gasteiger partial charge in [0, 0.05) is 12.2 Å². The fraction of sp³-hybridized carbons (Fsp3) is 0.500. The number of benzene rings is 1. The van der Waals surface area contributed by atoms with E-state index in [9.17, 15) is 18.0 Å². The number of piperidine rings is 1. The highest BCUT2D eigenvalue weighted by Crippen LogP contribution is 2.32. The fourth-order valence-electron chi connectivity index (χ4n) is 2.29. The molecule has 20 heavy (non-hydrogen) atoms. The molecule has 6 heteroatoms. The molecule has 2 unspecified atom stereocenters. The van der Waals surface area contributed by atoms with Crippen molar-refractivity contribution in [2.24, 2.45) is 5.92 Å². The quantitative estimate of drug-likeness (QED) is 0.877. The molecule has 110 valence electrons. The van der Waals surface area contributed by atoms with E-state index in [2.05, 4.69) is 10.6 Å². The standard InChI is InChI=1S/C14H17F3N2O/c1-9-4-2-3-5-11(9)19-13(20)12-7-6-10(8-18-12)14(15,16)17/h2-5,10,12,18H,6-8H2,1H3,(H,19,20). The van der Waals surface area contributed by atoms with E-state index in [0.717, 1.165) is 5.56 Å². The second-order valence-corrected chi connectivity index (χ2v) is 5.08. The molecule has 1 aromatic carbocycles. The van der Waals surface area contributed by atoms with Crippen LogP contribution in [0.2, 0.25) is 0 Å². The zero-order valence-corrected chi connectivity index (χ0v) is 11.1. The van der Waals surface area contributed by atoms with Gasteiger partial charge in [-0.15, -0.1) is 0 Å². The van der Waals surface area contributed by atoms with E-state index in [1.165, 1.54) is 0 Å². The lowest BCUT2D eigenvalue weighted by Crippen LogP contribution is -2.49. The molecule has 1 fully saturated rings. The maximum atomic E-state index is 12.5. The van der Waals surface area contributed by atoms with Gasteiger partial charge >= 0.3 is 6.18 Å². The number of amides is 1. The highest BCUT2D eigenvalue weighted by Gasteiger charge is 2.42. The molecule has 0 saturated carbocycles. The number of carbonyl (C=O) groups is 1. The third kappa shape index (κ3) is 3.50. The number of halogens is 3. The van der Waals surface area contributed by atoms with Gasteiger partial charge in [-0.3, -0.25) is 4.79 Å². The van der Waals surface area contributed by atoms with Crippen molar-refractivity contribution in [1.82, 2.24) is 5.32 Å². The van der Waals surface area contributed by atoms with Crippen molar-refractivity contribution < 1.29 is 18.0 Å². The Morgan fingerprint density at radius 3 is 2.55 bits per heavy atom. The molecule has 0 aromatic heterocycles. The van der Waals surface area contributed by atoms with Gasteiger partial charge in [-0.2, -0.15) is 13.2 Å². The van der Waals surface area contributed by atoms with E-state index < -0.39 is 18.1 Å². The molecule has 1 aromatic rings. The molecule has 1 saturated heterocycles. The first-order chi connectivity index (χ1) is 9.38. The number of hydrogen-bond acceptors (Lipinski definition) is 2. The summed E-state index contributed by atoms with van der Waals surface area (Å²) in [5.74, 6) is -1.63. The van der Waals surface area contributed by atoms with Gasteiger partial charge in [0.05, 0.1) is 12.0 Å². The van der Waals surface area contributed by atoms with Crippen LogP contribution in [0.25, 0.3) is 0 Å². The molecule has 1 aliphatic rings. The Hall–Kier alpha value is -1.56. The van der Waals surface area contributed by atoms with Crippen molar-refractivity contribution in [2.75, 3.05) is 11.9 Å². The maximum absolute atomic E-state index is 12.5. The monoisotopic (exact) mass is 286 g/mol. The van der Waals surface area contributed by atoms with Crippen molar-refractivity contribution >= 4 is 11.6 Å². The first-order valence-corrected chi connectivity index (χ1v) is 6.54. The molecule has 0 aliphatic carbocycles. The van der Waals surface area contributed by atoms with E-state index in [-0.39, 0.29) is 25.3 Å². The number of nitrogens with one attached hydrogen (secondary N) is 2. The zero-order chi connectivity index (χ0) is 14.8. The molecule has 1 heterocycles. The topological polar surface area (TPSA) is 41.1 Å². The van der Waals surface area contributed by atoms with Crippen molar-refractivity contribution in [3.63, 3.8) is 0 Å². The number of carbonyl (C=O) groups excluding carboxylic acids is 1. The molecular weight excluding hydrogens is 269 g/mol. The molecule has 0 radical (unpaired) electrons. The van der Waals surface area contributed by atoms with Crippen LogP contribution in [0.4, 0.5) is 18.9 Å². The van der Waals surface area contributed by atoms with Crippen LogP contribution in [-0.2, 0) is 4.79 Å². The van der Waals surface area contributed by atoms with Crippen molar-refractivity contribution in [1.29, 1.82) is 0 Å². The normalized spacial score (nSPS) is 23.4. The van der Waals surface area contributed by atoms with Gasteiger partial charge in [0.1, 0.15) is 0 Å². The summed E-state index contributed by atoms with van der Waals surface area (Å²) < 4.78 is 37.6. The Kier molecular flexibility index (Phi) is 4.32. The van der Waals surface area contributed by atoms with Crippen LogP contribution < -0.4 is 10.6 Å². The highest BCUT2D eigenvalue weighted by molar-refractivity contribution is 5.95. The number of anilines is 1. The number of hydrogen-bond donors (Lipinski definition) is 2. The average Bonchev–Trinajstić information content (AvgIpc) is 2.40. The minimum absolute atomic E-state index is 0.0115. The lowest BCUT2D eigenvalue weighted by molar-refractivity contribution is -0.180. The predicted molar refractivity (Wildman–Crippen MR) is 70.4 cm³/mol. The molecule has 3 nitrogen and oxygen atoms in total. The van der Waals surface area contributed by atoms with Crippen LogP contribution in [0.15, 0.2) is 24.3 Å². The SMILES string of the molecule is Cc1ccccc1NC(=O)C1CCC(C(F)(F)F)CN1. The van der Waals surface area contributed by atoms with Crippen molar-refractivity contribution in [3.8, 4) is 0 Å². The van der Waals surface area contributed by atoms with Gasteiger partial charge in [-0.1, -0.05) is 18.2 Å². The van der Waals surface area contributed by atoms with Crippen molar-refractivity contribution in [2.45, 2.75) is 32.0 Å². The Morgan fingerprint density at radius 1 is 1.30 bits per heavy atom. The van der Waals surface area contributed by atoms with E-state index in [1.54, 1.807) is 12.1 Å². The van der Waals surface area contributed by atoms with Crippen LogP contribution in [0, 0.1) is 12.8 Å². The number of para-hydroxylation sites is 1. The first kappa shape index (κ1) is 14.8. The Labute approximate surface area is 115 Å². The van der Waals surface area contributed by atoms with Gasteiger partial charge in [0.25, 0.3) is 0 Å². The first-order valence-electron chi connectivity index (χ1n) is 6.54. The minimum atomic E-state index is -4.19. The second-order valence-electron chi connectivity index (χ2n) is 5.08. The Bertz CT molecular complexity index is 480. The molecule has 0 bridgehead atoms. The summed E-state index contributed by atoms with van der Waals surface area (Å²) >= 11 is 0. The maximum Gasteiger partial charge on any atom is 0.393 e. The molecular formula is C14H17F3N2O. The lowest BCUT2D eigenvalue weighted by atomic mass is 9.94. The third-order valence-corrected chi connectivity index (χ3v) is 3.60. The van der Waals surface area contributed by atoms with Crippen LogP contribution in [0.5, 0.6) is 0 Å². The summed E-state index contributed by atoms with van der Waals surface area (Å²) in [6, 6.07) is 6.74. The Morgan fingerprint density at radius 2 is 2.00 bits per heavy atom. The van der Waals surface area contributed by atoms with Crippen LogP contribution in [-0.4, -0.2) is 24.7 Å². The van der Waals surface area contributed by atoms with Crippen molar-refractivity contribution in [3.05, 3.63) is 29.8 Å². The molecule has 1 aliphatic heterocycles. The van der Waals surface area contributed by atoms with Crippen LogP contribution >= 0.6 is 0 Å². The summed E-state index contributed by atoms with van der Waals surface area (Å²) in [7, 11) is 0. The minimum Gasteiger partial charge on any atom is -0.324 e. The molecule has 0 spiro atoms. The number of alkyl halides is 3. The Balaban J connectivity index is 1.91. The molecule has 2 N–H and O–H groups in total. The van der Waals surface area contributed by atoms with Gasteiger partial charge in [0.15, 0.2) is 0 Å². The van der Waals surface area contributed by atoms with E-state index in [1.807, 2.05) is 19.1 Å². The largest absolute Gasteiger partial charge is 0.393 e. The predicted octanol–water partition coefficient (Wildman–Crippen LogP) is 2.86. The highest BCUT2D eigenvalue weighted by atomic mass is 19.4. The molecule has 1 amide bonds. The van der Waals surface area contributed by atoms with E-state index >= 15 is 0 Å². The average molecular weight is 286 g/mol. The van der Waals surface area contributed by atoms with E-state index in [0.29, 0.717) is 5.69 Å². The number of aryl methyl sites for hydroxylation is 1. The second kappa shape index (κ2) is 5.83. The smallest absolute Gasteiger partial charge is 0.324 e. The third-order valence-electron chi connectivity index (χ3n) is 3.60. The van der Waals surface area contributed by atoms with Gasteiger partial charge < -0.3 is 10.6 Å². The summed E-state index contributed by atoms with van der Waals surface area (Å²) in [5.41, 5.74) is 1.61. The lowest BCUT2D eigenvalue weighted by Gasteiger charge is -2.30. The van der Waals surface area contributed by atoms with Crippen LogP contribution in [0.1, 0.15) is 18.4 Å². The summed E-state index contributed by atoms with van der Waals surface area (Å²) in [6.45, 7) is 1.67. The molecule has 2 atom stereocenters.